The van der Waals surface area contributed by atoms with Crippen molar-refractivity contribution >= 4 is 23.9 Å². The second-order valence-corrected chi connectivity index (χ2v) is 7.61. The minimum absolute atomic E-state index is 0.409. The third kappa shape index (κ3) is 5.57. The molecule has 150 valence electrons. The van der Waals surface area contributed by atoms with Gasteiger partial charge in [-0.05, 0) is 41.5 Å². The molecule has 0 aliphatic rings. The molecule has 1 heterocycles. The van der Waals surface area contributed by atoms with E-state index in [9.17, 15) is 19.2 Å². The van der Waals surface area contributed by atoms with E-state index < -0.39 is 57.6 Å². The Balaban J connectivity index is 3.74. The molecule has 0 saturated carbocycles. The smallest absolute Gasteiger partial charge is 0.355 e. The molecule has 0 atom stereocenters. The van der Waals surface area contributed by atoms with E-state index in [1.807, 2.05) is 0 Å². The fourth-order valence-electron chi connectivity index (χ4n) is 2.08. The van der Waals surface area contributed by atoms with Crippen molar-refractivity contribution in [2.24, 2.45) is 0 Å². The van der Waals surface area contributed by atoms with Crippen molar-refractivity contribution in [3.8, 4) is 0 Å². The zero-order valence-corrected chi connectivity index (χ0v) is 16.8. The highest BCUT2D eigenvalue weighted by Gasteiger charge is 2.38. The largest absolute Gasteiger partial charge is 0.464 e. The lowest BCUT2D eigenvalue weighted by Gasteiger charge is -2.22. The van der Waals surface area contributed by atoms with Crippen LogP contribution in [0.4, 0.5) is 0 Å². The van der Waals surface area contributed by atoms with Crippen molar-refractivity contribution in [3.63, 3.8) is 0 Å². The SMILES string of the molecule is COC(=O)c1[nH]c(C(=O)OC)c(C(=O)OC(C)(C)C)c1C(=O)OC(C)(C)C. The van der Waals surface area contributed by atoms with Gasteiger partial charge in [0.05, 0.1) is 14.2 Å². The van der Waals surface area contributed by atoms with E-state index in [0.717, 1.165) is 14.2 Å². The summed E-state index contributed by atoms with van der Waals surface area (Å²) in [6.07, 6.45) is 0. The van der Waals surface area contributed by atoms with E-state index >= 15 is 0 Å². The van der Waals surface area contributed by atoms with Gasteiger partial charge in [0.2, 0.25) is 0 Å². The molecule has 1 rings (SSSR count). The summed E-state index contributed by atoms with van der Waals surface area (Å²) in [5.41, 5.74) is -3.56. The van der Waals surface area contributed by atoms with Gasteiger partial charge in [-0.15, -0.1) is 0 Å². The van der Waals surface area contributed by atoms with Crippen molar-refractivity contribution in [1.82, 2.24) is 4.98 Å². The monoisotopic (exact) mass is 383 g/mol. The van der Waals surface area contributed by atoms with Crippen LogP contribution >= 0.6 is 0 Å². The Morgan fingerprint density at radius 2 is 0.926 bits per heavy atom. The third-order valence-electron chi connectivity index (χ3n) is 2.99. The number of rotatable bonds is 4. The molecule has 9 nitrogen and oxygen atoms in total. The summed E-state index contributed by atoms with van der Waals surface area (Å²) >= 11 is 0. The maximum atomic E-state index is 12.7. The van der Waals surface area contributed by atoms with Gasteiger partial charge in [0, 0.05) is 0 Å². The zero-order chi connectivity index (χ0) is 21.2. The molecular weight excluding hydrogens is 358 g/mol. The molecule has 0 spiro atoms. The lowest BCUT2D eigenvalue weighted by molar-refractivity contribution is 0.00166. The van der Waals surface area contributed by atoms with E-state index in [-0.39, 0.29) is 0 Å². The predicted octanol–water partition coefficient (Wildman–Crippen LogP) is 2.50. The third-order valence-corrected chi connectivity index (χ3v) is 2.99. The highest BCUT2D eigenvalue weighted by Crippen LogP contribution is 2.26. The second kappa shape index (κ2) is 7.81. The van der Waals surface area contributed by atoms with Gasteiger partial charge in [0.15, 0.2) is 0 Å². The first-order valence-corrected chi connectivity index (χ1v) is 8.11. The molecule has 1 N–H and O–H groups in total. The fourth-order valence-corrected chi connectivity index (χ4v) is 2.08. The Bertz CT molecular complexity index is 699. The van der Waals surface area contributed by atoms with Crippen LogP contribution < -0.4 is 0 Å². The van der Waals surface area contributed by atoms with Crippen LogP contribution in [0.5, 0.6) is 0 Å². The fraction of sp³-hybridized carbons (Fsp3) is 0.556. The number of ether oxygens (including phenoxy) is 4. The summed E-state index contributed by atoms with van der Waals surface area (Å²) in [6, 6.07) is 0. The molecule has 0 aliphatic heterocycles. The molecule has 9 heteroatoms. The molecule has 0 saturated heterocycles. The van der Waals surface area contributed by atoms with E-state index in [2.05, 4.69) is 14.5 Å². The molecule has 0 amide bonds. The lowest BCUT2D eigenvalue weighted by atomic mass is 10.1. The van der Waals surface area contributed by atoms with Crippen molar-refractivity contribution in [3.05, 3.63) is 22.5 Å². The van der Waals surface area contributed by atoms with Gasteiger partial charge in [-0.1, -0.05) is 0 Å². The van der Waals surface area contributed by atoms with E-state index in [1.54, 1.807) is 41.5 Å². The Labute approximate surface area is 157 Å². The minimum Gasteiger partial charge on any atom is -0.464 e. The molecule has 0 unspecified atom stereocenters. The van der Waals surface area contributed by atoms with Crippen LogP contribution in [-0.2, 0) is 18.9 Å². The first-order chi connectivity index (χ1) is 12.2. The number of carbonyl (C=O) groups is 4. The van der Waals surface area contributed by atoms with E-state index in [4.69, 9.17) is 9.47 Å². The average Bonchev–Trinajstić information content (AvgIpc) is 2.90. The van der Waals surface area contributed by atoms with Crippen LogP contribution in [-0.4, -0.2) is 54.3 Å². The standard InChI is InChI=1S/C18H25NO8/c1-17(2,3)26-13(20)9-10(14(21)27-18(4,5)6)12(16(23)25-8)19-11(9)15(22)24-7/h19H,1-8H3. The number of esters is 4. The van der Waals surface area contributed by atoms with Crippen LogP contribution in [0, 0.1) is 0 Å². The lowest BCUT2D eigenvalue weighted by Crippen LogP contribution is -2.29. The summed E-state index contributed by atoms with van der Waals surface area (Å²) in [7, 11) is 2.18. The van der Waals surface area contributed by atoms with E-state index in [0.29, 0.717) is 0 Å². The van der Waals surface area contributed by atoms with Gasteiger partial charge in [0.1, 0.15) is 33.7 Å². The normalized spacial score (nSPS) is 11.6. The first-order valence-electron chi connectivity index (χ1n) is 8.11. The molecule has 1 aromatic rings. The molecule has 0 radical (unpaired) electrons. The zero-order valence-electron chi connectivity index (χ0n) is 16.8. The van der Waals surface area contributed by atoms with Crippen LogP contribution in [0.25, 0.3) is 0 Å². The Morgan fingerprint density at radius 3 is 1.15 bits per heavy atom. The van der Waals surface area contributed by atoms with Crippen LogP contribution in [0.3, 0.4) is 0 Å². The summed E-state index contributed by atoms with van der Waals surface area (Å²) in [6.45, 7) is 9.69. The minimum atomic E-state index is -0.991. The quantitative estimate of drug-likeness (QED) is 0.622. The van der Waals surface area contributed by atoms with Gasteiger partial charge in [0.25, 0.3) is 0 Å². The molecule has 0 aromatic carbocycles. The highest BCUT2D eigenvalue weighted by atomic mass is 16.6. The van der Waals surface area contributed by atoms with Gasteiger partial charge in [-0.2, -0.15) is 0 Å². The van der Waals surface area contributed by atoms with Crippen LogP contribution in [0.2, 0.25) is 0 Å². The number of aromatic nitrogens is 1. The number of aromatic amines is 1. The maximum Gasteiger partial charge on any atom is 0.355 e. The number of hydrogen-bond acceptors (Lipinski definition) is 8. The van der Waals surface area contributed by atoms with Crippen molar-refractivity contribution in [2.75, 3.05) is 14.2 Å². The number of methoxy groups -OCH3 is 2. The highest BCUT2D eigenvalue weighted by molar-refractivity contribution is 6.15. The van der Waals surface area contributed by atoms with Crippen molar-refractivity contribution in [2.45, 2.75) is 52.7 Å². The van der Waals surface area contributed by atoms with Gasteiger partial charge in [-0.3, -0.25) is 0 Å². The molecule has 0 aliphatic carbocycles. The second-order valence-electron chi connectivity index (χ2n) is 7.61. The Morgan fingerprint density at radius 1 is 0.630 bits per heavy atom. The summed E-state index contributed by atoms with van der Waals surface area (Å²) in [5, 5.41) is 0. The topological polar surface area (TPSA) is 121 Å². The van der Waals surface area contributed by atoms with Gasteiger partial charge < -0.3 is 23.9 Å². The maximum absolute atomic E-state index is 12.7. The molecule has 1 aromatic heterocycles. The number of H-pyrrole nitrogens is 1. The summed E-state index contributed by atoms with van der Waals surface area (Å²) in [4.78, 5) is 52.1. The van der Waals surface area contributed by atoms with Crippen LogP contribution in [0.1, 0.15) is 83.2 Å². The molecular formula is C18H25NO8. The molecule has 0 bridgehead atoms. The first kappa shape index (κ1) is 22.2. The molecule has 0 fully saturated rings. The van der Waals surface area contributed by atoms with E-state index in [1.165, 1.54) is 0 Å². The van der Waals surface area contributed by atoms with Crippen molar-refractivity contribution in [1.29, 1.82) is 0 Å². The van der Waals surface area contributed by atoms with Gasteiger partial charge in [-0.25, -0.2) is 19.2 Å². The Kier molecular flexibility index (Phi) is 6.42. The van der Waals surface area contributed by atoms with Crippen molar-refractivity contribution < 1.29 is 38.1 Å². The summed E-state index contributed by atoms with van der Waals surface area (Å²) < 4.78 is 19.8. The number of carbonyl (C=O) groups excluding carboxylic acids is 4. The molecule has 27 heavy (non-hydrogen) atoms. The summed E-state index contributed by atoms with van der Waals surface area (Å²) in [5.74, 6) is -3.91. The predicted molar refractivity (Wildman–Crippen MR) is 93.8 cm³/mol. The Hall–Kier alpha value is -2.84. The number of hydrogen-bond donors (Lipinski definition) is 1. The van der Waals surface area contributed by atoms with Gasteiger partial charge >= 0.3 is 23.9 Å². The average molecular weight is 383 g/mol. The number of nitrogens with one attached hydrogen (secondary N) is 1. The van der Waals surface area contributed by atoms with Crippen LogP contribution in [0.15, 0.2) is 0 Å².